The molecule has 88 valence electrons. The Bertz CT molecular complexity index is 207. The van der Waals surface area contributed by atoms with E-state index in [0.717, 1.165) is 25.8 Å². The van der Waals surface area contributed by atoms with Gasteiger partial charge in [-0.2, -0.15) is 0 Å². The van der Waals surface area contributed by atoms with Crippen LogP contribution in [0.25, 0.3) is 0 Å². The predicted molar refractivity (Wildman–Crippen MR) is 59.5 cm³/mol. The van der Waals surface area contributed by atoms with Crippen LogP contribution >= 0.6 is 0 Å². The van der Waals surface area contributed by atoms with E-state index >= 15 is 0 Å². The Kier molecular flexibility index (Phi) is 5.05. The van der Waals surface area contributed by atoms with Gasteiger partial charge in [-0.3, -0.25) is 4.79 Å². The van der Waals surface area contributed by atoms with Crippen LogP contribution in [-0.2, 0) is 4.79 Å². The van der Waals surface area contributed by atoms with Gasteiger partial charge < -0.3 is 15.3 Å². The molecule has 0 aromatic carbocycles. The number of carbonyl (C=O) groups excluding carboxylic acids is 1. The van der Waals surface area contributed by atoms with Crippen molar-refractivity contribution in [2.45, 2.75) is 31.8 Å². The van der Waals surface area contributed by atoms with E-state index in [2.05, 4.69) is 5.32 Å². The van der Waals surface area contributed by atoms with Gasteiger partial charge in [-0.1, -0.05) is 6.42 Å². The van der Waals surface area contributed by atoms with Crippen molar-refractivity contribution in [2.75, 3.05) is 27.2 Å². The molecule has 0 heterocycles. The molecule has 0 aromatic rings. The van der Waals surface area contributed by atoms with Crippen LogP contribution < -0.4 is 5.32 Å². The summed E-state index contributed by atoms with van der Waals surface area (Å²) in [7, 11) is 3.90. The Balaban J connectivity index is 2.11. The Morgan fingerprint density at radius 2 is 2.20 bits per heavy atom. The van der Waals surface area contributed by atoms with Crippen molar-refractivity contribution >= 4 is 5.91 Å². The lowest BCUT2D eigenvalue weighted by Gasteiger charge is -2.15. The molecule has 4 nitrogen and oxygen atoms in total. The van der Waals surface area contributed by atoms with Crippen molar-refractivity contribution in [3.63, 3.8) is 0 Å². The molecule has 1 amide bonds. The van der Waals surface area contributed by atoms with Gasteiger partial charge in [0.2, 0.25) is 5.91 Å². The van der Waals surface area contributed by atoms with Crippen molar-refractivity contribution in [1.29, 1.82) is 0 Å². The van der Waals surface area contributed by atoms with Gasteiger partial charge in [0.05, 0.1) is 6.10 Å². The summed E-state index contributed by atoms with van der Waals surface area (Å²) in [5, 5.41) is 12.4. The second kappa shape index (κ2) is 6.08. The predicted octanol–water partition coefficient (Wildman–Crippen LogP) is 0.215. The van der Waals surface area contributed by atoms with Gasteiger partial charge in [0.25, 0.3) is 0 Å². The number of aliphatic hydroxyl groups is 1. The zero-order valence-electron chi connectivity index (χ0n) is 9.70. The maximum absolute atomic E-state index is 11.4. The number of hydrogen-bond acceptors (Lipinski definition) is 3. The van der Waals surface area contributed by atoms with E-state index in [1.165, 1.54) is 0 Å². The highest BCUT2D eigenvalue weighted by Gasteiger charge is 2.25. The highest BCUT2D eigenvalue weighted by molar-refractivity contribution is 5.76. The SMILES string of the molecule is CN(C)CCC(=O)NCC1CCCC1O. The van der Waals surface area contributed by atoms with Gasteiger partial charge in [0.1, 0.15) is 0 Å². The minimum atomic E-state index is -0.209. The highest BCUT2D eigenvalue weighted by atomic mass is 16.3. The van der Waals surface area contributed by atoms with Crippen LogP contribution in [0, 0.1) is 5.92 Å². The van der Waals surface area contributed by atoms with E-state index in [-0.39, 0.29) is 17.9 Å². The smallest absolute Gasteiger partial charge is 0.221 e. The quantitative estimate of drug-likeness (QED) is 0.688. The molecule has 0 bridgehead atoms. The fourth-order valence-electron chi connectivity index (χ4n) is 1.91. The summed E-state index contributed by atoms with van der Waals surface area (Å²) in [5.74, 6) is 0.358. The van der Waals surface area contributed by atoms with Crippen LogP contribution in [0.1, 0.15) is 25.7 Å². The maximum atomic E-state index is 11.4. The summed E-state index contributed by atoms with van der Waals surface area (Å²) in [6.45, 7) is 1.41. The lowest BCUT2D eigenvalue weighted by Crippen LogP contribution is -2.33. The lowest BCUT2D eigenvalue weighted by molar-refractivity contribution is -0.121. The molecule has 0 saturated heterocycles. The van der Waals surface area contributed by atoms with Gasteiger partial charge in [0, 0.05) is 25.4 Å². The van der Waals surface area contributed by atoms with E-state index in [1.807, 2.05) is 19.0 Å². The molecule has 0 spiro atoms. The number of aliphatic hydroxyl groups excluding tert-OH is 1. The van der Waals surface area contributed by atoms with Gasteiger partial charge in [-0.05, 0) is 26.9 Å². The first-order chi connectivity index (χ1) is 7.09. The van der Waals surface area contributed by atoms with Crippen LogP contribution in [0.5, 0.6) is 0 Å². The molecule has 0 aromatic heterocycles. The molecule has 1 saturated carbocycles. The fourth-order valence-corrected chi connectivity index (χ4v) is 1.91. The van der Waals surface area contributed by atoms with Crippen LogP contribution in [0.3, 0.4) is 0 Å². The second-order valence-electron chi connectivity index (χ2n) is 4.62. The van der Waals surface area contributed by atoms with Crippen molar-refractivity contribution in [3.05, 3.63) is 0 Å². The zero-order chi connectivity index (χ0) is 11.3. The molecule has 15 heavy (non-hydrogen) atoms. The third kappa shape index (κ3) is 4.62. The summed E-state index contributed by atoms with van der Waals surface area (Å²) in [5.41, 5.74) is 0. The standard InChI is InChI=1S/C11H22N2O2/c1-13(2)7-6-11(15)12-8-9-4-3-5-10(9)14/h9-10,14H,3-8H2,1-2H3,(H,12,15). The molecular formula is C11H22N2O2. The molecule has 1 rings (SSSR count). The van der Waals surface area contributed by atoms with Crippen molar-refractivity contribution in [1.82, 2.24) is 10.2 Å². The van der Waals surface area contributed by atoms with E-state index in [0.29, 0.717) is 13.0 Å². The summed E-state index contributed by atoms with van der Waals surface area (Å²) >= 11 is 0. The summed E-state index contributed by atoms with van der Waals surface area (Å²) < 4.78 is 0. The van der Waals surface area contributed by atoms with Gasteiger partial charge in [-0.25, -0.2) is 0 Å². The Morgan fingerprint density at radius 3 is 2.73 bits per heavy atom. The van der Waals surface area contributed by atoms with Crippen LogP contribution in [0.15, 0.2) is 0 Å². The summed E-state index contributed by atoms with van der Waals surface area (Å²) in [4.78, 5) is 13.4. The van der Waals surface area contributed by atoms with E-state index in [1.54, 1.807) is 0 Å². The molecule has 2 unspecified atom stereocenters. The fraction of sp³-hybridized carbons (Fsp3) is 0.909. The minimum absolute atomic E-state index is 0.0859. The Hall–Kier alpha value is -0.610. The zero-order valence-corrected chi connectivity index (χ0v) is 9.70. The van der Waals surface area contributed by atoms with Crippen molar-refractivity contribution in [2.24, 2.45) is 5.92 Å². The molecule has 4 heteroatoms. The highest BCUT2D eigenvalue weighted by Crippen LogP contribution is 2.24. The molecule has 2 N–H and O–H groups in total. The Morgan fingerprint density at radius 1 is 1.47 bits per heavy atom. The third-order valence-corrected chi connectivity index (χ3v) is 2.97. The molecule has 1 fully saturated rings. The van der Waals surface area contributed by atoms with Crippen LogP contribution in [-0.4, -0.2) is 49.2 Å². The van der Waals surface area contributed by atoms with Gasteiger partial charge >= 0.3 is 0 Å². The van der Waals surface area contributed by atoms with E-state index in [9.17, 15) is 9.90 Å². The molecular weight excluding hydrogens is 192 g/mol. The minimum Gasteiger partial charge on any atom is -0.393 e. The average molecular weight is 214 g/mol. The van der Waals surface area contributed by atoms with Crippen LogP contribution in [0.4, 0.5) is 0 Å². The van der Waals surface area contributed by atoms with E-state index in [4.69, 9.17) is 0 Å². The molecule has 2 atom stereocenters. The molecule has 1 aliphatic carbocycles. The summed E-state index contributed by atoms with van der Waals surface area (Å²) in [6, 6.07) is 0. The summed E-state index contributed by atoms with van der Waals surface area (Å²) in [6.07, 6.45) is 3.34. The third-order valence-electron chi connectivity index (χ3n) is 2.97. The average Bonchev–Trinajstić information content (AvgIpc) is 2.58. The topological polar surface area (TPSA) is 52.6 Å². The normalized spacial score (nSPS) is 25.9. The molecule has 0 radical (unpaired) electrons. The molecule has 0 aliphatic heterocycles. The Labute approximate surface area is 91.6 Å². The van der Waals surface area contributed by atoms with Crippen LogP contribution in [0.2, 0.25) is 0 Å². The number of amides is 1. The van der Waals surface area contributed by atoms with Gasteiger partial charge in [0.15, 0.2) is 0 Å². The van der Waals surface area contributed by atoms with Crippen molar-refractivity contribution < 1.29 is 9.90 Å². The second-order valence-corrected chi connectivity index (χ2v) is 4.62. The van der Waals surface area contributed by atoms with Gasteiger partial charge in [-0.15, -0.1) is 0 Å². The number of carbonyl (C=O) groups is 1. The first kappa shape index (κ1) is 12.5. The number of hydrogen-bond donors (Lipinski definition) is 2. The first-order valence-electron chi connectivity index (χ1n) is 5.69. The maximum Gasteiger partial charge on any atom is 0.221 e. The number of rotatable bonds is 5. The number of nitrogens with one attached hydrogen (secondary N) is 1. The number of nitrogens with zero attached hydrogens (tertiary/aromatic N) is 1. The molecule has 1 aliphatic rings. The van der Waals surface area contributed by atoms with Crippen molar-refractivity contribution in [3.8, 4) is 0 Å². The largest absolute Gasteiger partial charge is 0.393 e. The first-order valence-corrected chi connectivity index (χ1v) is 5.69. The monoisotopic (exact) mass is 214 g/mol. The van der Waals surface area contributed by atoms with E-state index < -0.39 is 0 Å². The lowest BCUT2D eigenvalue weighted by atomic mass is 10.1.